The maximum absolute atomic E-state index is 12.4. The lowest BCUT2D eigenvalue weighted by Crippen LogP contribution is -2.44. The number of rotatable bonds is 7. The number of ether oxygens (including phenoxy) is 1. The van der Waals surface area contributed by atoms with Crippen molar-refractivity contribution in [3.05, 3.63) is 0 Å². The highest BCUT2D eigenvalue weighted by Crippen LogP contribution is 2.19. The Bertz CT molecular complexity index is 322. The first-order valence-electron chi connectivity index (χ1n) is 7.11. The number of hydrogen-bond acceptors (Lipinski definition) is 4. The number of carbonyl (C=O) groups excluding carboxylic acids is 2. The molecule has 5 nitrogen and oxygen atoms in total. The molecule has 0 aliphatic carbocycles. The van der Waals surface area contributed by atoms with Crippen molar-refractivity contribution >= 4 is 11.9 Å². The number of nitrogens with zero attached hydrogens (tertiary/aromatic N) is 2. The molecule has 0 rings (SSSR count). The molecule has 0 aliphatic heterocycles. The van der Waals surface area contributed by atoms with Crippen LogP contribution in [0.2, 0.25) is 0 Å². The number of esters is 1. The first kappa shape index (κ1) is 18.9. The van der Waals surface area contributed by atoms with Gasteiger partial charge < -0.3 is 14.5 Å². The van der Waals surface area contributed by atoms with Crippen LogP contribution in [0.15, 0.2) is 0 Å². The second kappa shape index (κ2) is 8.25. The molecular weight excluding hydrogens is 256 g/mol. The van der Waals surface area contributed by atoms with Crippen LogP contribution in [0.25, 0.3) is 0 Å². The van der Waals surface area contributed by atoms with Crippen molar-refractivity contribution in [2.24, 2.45) is 11.3 Å². The van der Waals surface area contributed by atoms with Crippen molar-refractivity contribution in [1.29, 1.82) is 0 Å². The summed E-state index contributed by atoms with van der Waals surface area (Å²) < 4.78 is 4.74. The van der Waals surface area contributed by atoms with Crippen molar-refractivity contribution in [2.45, 2.75) is 34.1 Å². The Morgan fingerprint density at radius 3 is 2.10 bits per heavy atom. The molecule has 118 valence electrons. The summed E-state index contributed by atoms with van der Waals surface area (Å²) in [7, 11) is 5.39. The van der Waals surface area contributed by atoms with E-state index in [2.05, 4.69) is 4.90 Å². The molecule has 5 heteroatoms. The van der Waals surface area contributed by atoms with Crippen molar-refractivity contribution in [3.8, 4) is 0 Å². The summed E-state index contributed by atoms with van der Waals surface area (Å²) in [6.07, 6.45) is 0.892. The maximum atomic E-state index is 12.4. The number of amides is 1. The van der Waals surface area contributed by atoms with E-state index in [1.54, 1.807) is 11.8 Å². The topological polar surface area (TPSA) is 49.9 Å². The number of hydrogen-bond donors (Lipinski definition) is 0. The summed E-state index contributed by atoms with van der Waals surface area (Å²) in [6.45, 7) is 9.48. The first-order valence-corrected chi connectivity index (χ1v) is 7.11. The zero-order chi connectivity index (χ0) is 15.9. The van der Waals surface area contributed by atoms with E-state index in [9.17, 15) is 9.59 Å². The van der Waals surface area contributed by atoms with Crippen LogP contribution in [0.4, 0.5) is 0 Å². The Labute approximate surface area is 123 Å². The van der Waals surface area contributed by atoms with Crippen LogP contribution in [0.5, 0.6) is 0 Å². The van der Waals surface area contributed by atoms with E-state index in [0.717, 1.165) is 13.0 Å². The van der Waals surface area contributed by atoms with Gasteiger partial charge in [-0.25, -0.2) is 0 Å². The molecule has 0 aromatic carbocycles. The summed E-state index contributed by atoms with van der Waals surface area (Å²) in [5.74, 6) is -0.498. The predicted molar refractivity (Wildman–Crippen MR) is 80.4 cm³/mol. The van der Waals surface area contributed by atoms with E-state index in [1.165, 1.54) is 7.11 Å². The van der Waals surface area contributed by atoms with Crippen molar-refractivity contribution in [2.75, 3.05) is 40.8 Å². The summed E-state index contributed by atoms with van der Waals surface area (Å²) in [5, 5.41) is 0. The van der Waals surface area contributed by atoms with Gasteiger partial charge in [-0.15, -0.1) is 0 Å². The summed E-state index contributed by atoms with van der Waals surface area (Å²) in [5.41, 5.74) is -0.437. The number of methoxy groups -OCH3 is 1. The molecule has 0 aromatic rings. The van der Waals surface area contributed by atoms with Gasteiger partial charge in [0.2, 0.25) is 5.91 Å². The Hall–Kier alpha value is -1.10. The predicted octanol–water partition coefficient (Wildman–Crippen LogP) is 1.62. The van der Waals surface area contributed by atoms with Gasteiger partial charge in [-0.3, -0.25) is 9.59 Å². The number of carbonyl (C=O) groups is 2. The van der Waals surface area contributed by atoms with Crippen LogP contribution in [0.1, 0.15) is 34.1 Å². The highest BCUT2D eigenvalue weighted by Gasteiger charge is 2.29. The molecule has 0 N–H and O–H groups in total. The van der Waals surface area contributed by atoms with Crippen LogP contribution < -0.4 is 0 Å². The second-order valence-corrected chi connectivity index (χ2v) is 6.58. The molecule has 20 heavy (non-hydrogen) atoms. The van der Waals surface area contributed by atoms with Gasteiger partial charge >= 0.3 is 5.97 Å². The lowest BCUT2D eigenvalue weighted by molar-refractivity contribution is -0.148. The zero-order valence-corrected chi connectivity index (χ0v) is 14.0. The van der Waals surface area contributed by atoms with Gasteiger partial charge in [-0.2, -0.15) is 0 Å². The second-order valence-electron chi connectivity index (χ2n) is 6.58. The third kappa shape index (κ3) is 6.89. The van der Waals surface area contributed by atoms with Crippen molar-refractivity contribution in [3.63, 3.8) is 0 Å². The molecule has 1 unspecified atom stereocenters. The highest BCUT2D eigenvalue weighted by atomic mass is 16.5. The van der Waals surface area contributed by atoms with Gasteiger partial charge in [-0.1, -0.05) is 27.7 Å². The summed E-state index contributed by atoms with van der Waals surface area (Å²) >= 11 is 0. The molecule has 0 saturated carbocycles. The molecule has 1 amide bonds. The van der Waals surface area contributed by atoms with Crippen LogP contribution >= 0.6 is 0 Å². The van der Waals surface area contributed by atoms with Gasteiger partial charge in [0, 0.05) is 18.5 Å². The quantitative estimate of drug-likeness (QED) is 0.667. The molecule has 0 spiro atoms. The van der Waals surface area contributed by atoms with Gasteiger partial charge in [0.15, 0.2) is 0 Å². The average Bonchev–Trinajstić information content (AvgIpc) is 2.33. The largest absolute Gasteiger partial charge is 0.469 e. The molecule has 0 bridgehead atoms. The minimum Gasteiger partial charge on any atom is -0.469 e. The Kier molecular flexibility index (Phi) is 7.79. The molecule has 0 heterocycles. The Balaban J connectivity index is 4.71. The zero-order valence-electron chi connectivity index (χ0n) is 14.0. The first-order chi connectivity index (χ1) is 9.09. The molecule has 0 radical (unpaired) electrons. The van der Waals surface area contributed by atoms with Crippen LogP contribution in [0, 0.1) is 11.3 Å². The van der Waals surface area contributed by atoms with Gasteiger partial charge in [0.25, 0.3) is 0 Å². The minimum absolute atomic E-state index is 0.0759. The average molecular weight is 286 g/mol. The third-order valence-electron chi connectivity index (χ3n) is 3.06. The van der Waals surface area contributed by atoms with Gasteiger partial charge in [-0.05, 0) is 27.1 Å². The molecule has 0 aliphatic rings. The third-order valence-corrected chi connectivity index (χ3v) is 3.06. The molecular formula is C15H30N2O3. The maximum Gasteiger partial charge on any atom is 0.310 e. The van der Waals surface area contributed by atoms with Gasteiger partial charge in [0.1, 0.15) is 0 Å². The molecule has 0 fully saturated rings. The normalized spacial score (nSPS) is 13.2. The van der Waals surface area contributed by atoms with E-state index in [1.807, 2.05) is 34.9 Å². The van der Waals surface area contributed by atoms with Crippen LogP contribution in [-0.4, -0.2) is 62.5 Å². The van der Waals surface area contributed by atoms with Crippen LogP contribution in [0.3, 0.4) is 0 Å². The molecule has 0 aromatic heterocycles. The van der Waals surface area contributed by atoms with Crippen molar-refractivity contribution in [1.82, 2.24) is 9.80 Å². The molecule has 0 saturated heterocycles. The van der Waals surface area contributed by atoms with E-state index < -0.39 is 5.41 Å². The smallest absolute Gasteiger partial charge is 0.310 e. The summed E-state index contributed by atoms with van der Waals surface area (Å²) in [6, 6.07) is 0. The Morgan fingerprint density at radius 1 is 1.15 bits per heavy atom. The minimum atomic E-state index is -0.437. The van der Waals surface area contributed by atoms with E-state index >= 15 is 0 Å². The SMILES string of the molecule is COC(=O)C(C)CN(CCCN(C)C)C(=O)C(C)(C)C. The Morgan fingerprint density at radius 2 is 1.70 bits per heavy atom. The lowest BCUT2D eigenvalue weighted by atomic mass is 9.94. The lowest BCUT2D eigenvalue weighted by Gasteiger charge is -2.31. The summed E-state index contributed by atoms with van der Waals surface area (Å²) in [4.78, 5) is 27.8. The fourth-order valence-electron chi connectivity index (χ4n) is 1.93. The van der Waals surface area contributed by atoms with Crippen LogP contribution in [-0.2, 0) is 14.3 Å². The fraction of sp³-hybridized carbons (Fsp3) is 0.867. The fourth-order valence-corrected chi connectivity index (χ4v) is 1.93. The van der Waals surface area contributed by atoms with E-state index in [4.69, 9.17) is 4.74 Å². The van der Waals surface area contributed by atoms with Crippen molar-refractivity contribution < 1.29 is 14.3 Å². The molecule has 1 atom stereocenters. The monoisotopic (exact) mass is 286 g/mol. The standard InChI is InChI=1S/C15H30N2O3/c1-12(13(18)20-7)11-17(10-8-9-16(5)6)14(19)15(2,3)4/h12H,8-11H2,1-7H3. The van der Waals surface area contributed by atoms with E-state index in [-0.39, 0.29) is 17.8 Å². The highest BCUT2D eigenvalue weighted by molar-refractivity contribution is 5.82. The van der Waals surface area contributed by atoms with E-state index in [0.29, 0.717) is 13.1 Å². The van der Waals surface area contributed by atoms with Gasteiger partial charge in [0.05, 0.1) is 13.0 Å².